The molecule has 7 nitrogen and oxygen atoms in total. The van der Waals surface area contributed by atoms with Gasteiger partial charge in [0.1, 0.15) is 5.60 Å². The second-order valence-corrected chi connectivity index (χ2v) is 8.96. The Morgan fingerprint density at radius 1 is 1.10 bits per heavy atom. The number of benzene rings is 2. The summed E-state index contributed by atoms with van der Waals surface area (Å²) in [5, 5.41) is 5.65. The van der Waals surface area contributed by atoms with Crippen LogP contribution >= 0.6 is 0 Å². The molecule has 1 fully saturated rings. The first-order valence-electron chi connectivity index (χ1n) is 10.5. The molecule has 1 aliphatic rings. The highest BCUT2D eigenvalue weighted by atomic mass is 16.6. The molecule has 1 aliphatic heterocycles. The molecule has 2 aromatic carbocycles. The Morgan fingerprint density at radius 3 is 2.48 bits per heavy atom. The van der Waals surface area contributed by atoms with Crippen molar-refractivity contribution in [2.75, 3.05) is 20.1 Å². The summed E-state index contributed by atoms with van der Waals surface area (Å²) >= 11 is 0. The van der Waals surface area contributed by atoms with Gasteiger partial charge in [-0.3, -0.25) is 4.79 Å². The predicted octanol–water partition coefficient (Wildman–Crippen LogP) is 4.11. The summed E-state index contributed by atoms with van der Waals surface area (Å²) < 4.78 is 7.26. The molecule has 0 spiro atoms. The monoisotopic (exact) mass is 420 g/mol. The summed E-state index contributed by atoms with van der Waals surface area (Å²) in [5.74, 6) is -0.0618. The molecule has 1 atom stereocenters. The third kappa shape index (κ3) is 4.55. The molecule has 1 saturated heterocycles. The van der Waals surface area contributed by atoms with Crippen molar-refractivity contribution >= 4 is 22.9 Å². The lowest BCUT2D eigenvalue weighted by Crippen LogP contribution is -2.41. The lowest BCUT2D eigenvalue weighted by atomic mass is 10.1. The minimum atomic E-state index is -0.529. The number of nitrogens with zero attached hydrogens (tertiary/aromatic N) is 4. The van der Waals surface area contributed by atoms with Gasteiger partial charge in [-0.25, -0.2) is 9.48 Å². The topological polar surface area (TPSA) is 67.7 Å². The Bertz CT molecular complexity index is 1060. The van der Waals surface area contributed by atoms with Crippen molar-refractivity contribution in [3.8, 4) is 5.69 Å². The Kier molecular flexibility index (Phi) is 5.43. The van der Waals surface area contributed by atoms with Gasteiger partial charge in [-0.15, -0.1) is 0 Å². The Hall–Kier alpha value is -3.35. The van der Waals surface area contributed by atoms with Crippen LogP contribution in [0.3, 0.4) is 0 Å². The van der Waals surface area contributed by atoms with Crippen LogP contribution in [0.15, 0.2) is 54.7 Å². The second kappa shape index (κ2) is 8.06. The number of ether oxygens (including phenoxy) is 1. The number of amides is 2. The quantitative estimate of drug-likeness (QED) is 0.640. The number of rotatable bonds is 3. The van der Waals surface area contributed by atoms with Gasteiger partial charge < -0.3 is 14.5 Å². The van der Waals surface area contributed by atoms with Crippen LogP contribution in [0, 0.1) is 0 Å². The van der Waals surface area contributed by atoms with Crippen LogP contribution in [-0.2, 0) is 4.74 Å². The fraction of sp³-hybridized carbons (Fsp3) is 0.375. The molecule has 0 unspecified atom stereocenters. The number of aromatic nitrogens is 2. The van der Waals surface area contributed by atoms with Crippen LogP contribution in [0.1, 0.15) is 37.6 Å². The third-order valence-corrected chi connectivity index (χ3v) is 5.48. The minimum Gasteiger partial charge on any atom is -0.444 e. The van der Waals surface area contributed by atoms with E-state index in [0.29, 0.717) is 18.7 Å². The fourth-order valence-corrected chi connectivity index (χ4v) is 3.77. The fourth-order valence-electron chi connectivity index (χ4n) is 3.77. The number of likely N-dealkylation sites (N-methyl/N-ethyl adjacent to an activating group) is 1. The maximum Gasteiger partial charge on any atom is 0.410 e. The van der Waals surface area contributed by atoms with E-state index in [-0.39, 0.29) is 18.0 Å². The highest BCUT2D eigenvalue weighted by Crippen LogP contribution is 2.21. The van der Waals surface area contributed by atoms with Crippen molar-refractivity contribution in [1.29, 1.82) is 0 Å². The highest BCUT2D eigenvalue weighted by Gasteiger charge is 2.33. The maximum absolute atomic E-state index is 13.0. The van der Waals surface area contributed by atoms with Crippen LogP contribution in [0.5, 0.6) is 0 Å². The Labute approximate surface area is 182 Å². The Balaban J connectivity index is 1.41. The summed E-state index contributed by atoms with van der Waals surface area (Å²) in [6.45, 7) is 6.62. The average molecular weight is 421 g/mol. The molecular formula is C24H28N4O3. The van der Waals surface area contributed by atoms with Gasteiger partial charge in [0.05, 0.1) is 17.2 Å². The molecule has 4 rings (SSSR count). The molecular weight excluding hydrogens is 392 g/mol. The van der Waals surface area contributed by atoms with Crippen LogP contribution in [0.2, 0.25) is 0 Å². The number of fused-ring (bicyclic) bond motifs is 1. The number of hydrogen-bond acceptors (Lipinski definition) is 4. The average Bonchev–Trinajstić information content (AvgIpc) is 3.39. The smallest absolute Gasteiger partial charge is 0.410 e. The second-order valence-electron chi connectivity index (χ2n) is 8.96. The van der Waals surface area contributed by atoms with Gasteiger partial charge in [-0.1, -0.05) is 18.2 Å². The van der Waals surface area contributed by atoms with Crippen LogP contribution < -0.4 is 0 Å². The van der Waals surface area contributed by atoms with Crippen molar-refractivity contribution in [3.05, 3.63) is 60.3 Å². The molecule has 0 saturated carbocycles. The van der Waals surface area contributed by atoms with E-state index in [9.17, 15) is 9.59 Å². The number of likely N-dealkylation sites (tertiary alicyclic amines) is 1. The normalized spacial score (nSPS) is 16.5. The molecule has 3 aromatic rings. The van der Waals surface area contributed by atoms with Gasteiger partial charge in [-0.2, -0.15) is 5.10 Å². The summed E-state index contributed by atoms with van der Waals surface area (Å²) in [7, 11) is 1.79. The van der Waals surface area contributed by atoms with E-state index in [4.69, 9.17) is 4.74 Å². The lowest BCUT2D eigenvalue weighted by Gasteiger charge is -2.27. The van der Waals surface area contributed by atoms with Crippen molar-refractivity contribution in [3.63, 3.8) is 0 Å². The molecule has 0 aliphatic carbocycles. The van der Waals surface area contributed by atoms with E-state index in [1.165, 1.54) is 0 Å². The van der Waals surface area contributed by atoms with E-state index < -0.39 is 5.60 Å². The van der Waals surface area contributed by atoms with Crippen molar-refractivity contribution < 1.29 is 14.3 Å². The first-order chi connectivity index (χ1) is 14.7. The zero-order chi connectivity index (χ0) is 22.2. The zero-order valence-corrected chi connectivity index (χ0v) is 18.4. The van der Waals surface area contributed by atoms with Crippen molar-refractivity contribution in [1.82, 2.24) is 19.6 Å². The van der Waals surface area contributed by atoms with Gasteiger partial charge in [-0.05, 0) is 57.5 Å². The first kappa shape index (κ1) is 20.9. The van der Waals surface area contributed by atoms with Gasteiger partial charge in [0, 0.05) is 37.3 Å². The molecule has 31 heavy (non-hydrogen) atoms. The van der Waals surface area contributed by atoms with E-state index in [1.807, 2.05) is 80.2 Å². The largest absolute Gasteiger partial charge is 0.444 e. The van der Waals surface area contributed by atoms with Crippen LogP contribution in [0.25, 0.3) is 16.6 Å². The van der Waals surface area contributed by atoms with Crippen LogP contribution in [0.4, 0.5) is 4.79 Å². The first-order valence-corrected chi connectivity index (χ1v) is 10.5. The van der Waals surface area contributed by atoms with Crippen molar-refractivity contribution in [2.45, 2.75) is 38.8 Å². The molecule has 0 bridgehead atoms. The van der Waals surface area contributed by atoms with E-state index in [2.05, 4.69) is 5.10 Å². The third-order valence-electron chi connectivity index (χ3n) is 5.48. The standard InChI is InChI=1S/C24H28N4O3/c1-24(2,3)31-23(30)27-14-13-20(16-27)26(4)22(29)17-9-11-19(12-10-17)28-15-18-7-5-6-8-21(18)25-28/h5-12,15,20H,13-14,16H2,1-4H3/t20-/m1/s1. The number of carbonyl (C=O) groups is 2. The molecule has 162 valence electrons. The molecule has 0 radical (unpaired) electrons. The van der Waals surface area contributed by atoms with E-state index >= 15 is 0 Å². The van der Waals surface area contributed by atoms with Crippen molar-refractivity contribution in [2.24, 2.45) is 0 Å². The maximum atomic E-state index is 13.0. The SMILES string of the molecule is CN(C(=O)c1ccc(-n2cc3ccccc3n2)cc1)[C@@H]1CCN(C(=O)OC(C)(C)C)C1. The zero-order valence-electron chi connectivity index (χ0n) is 18.4. The summed E-state index contributed by atoms with van der Waals surface area (Å²) in [6.07, 6.45) is 2.38. The summed E-state index contributed by atoms with van der Waals surface area (Å²) in [5.41, 5.74) is 1.91. The lowest BCUT2D eigenvalue weighted by molar-refractivity contribution is 0.0279. The number of hydrogen-bond donors (Lipinski definition) is 0. The highest BCUT2D eigenvalue weighted by molar-refractivity contribution is 5.94. The van der Waals surface area contributed by atoms with Gasteiger partial charge >= 0.3 is 6.09 Å². The molecule has 1 aromatic heterocycles. The van der Waals surface area contributed by atoms with Crippen LogP contribution in [-0.4, -0.2) is 63.4 Å². The van der Waals surface area contributed by atoms with E-state index in [0.717, 1.165) is 23.0 Å². The Morgan fingerprint density at radius 2 is 1.81 bits per heavy atom. The van der Waals surface area contributed by atoms with Gasteiger partial charge in [0.15, 0.2) is 0 Å². The minimum absolute atomic E-state index is 0.0314. The molecule has 0 N–H and O–H groups in total. The van der Waals surface area contributed by atoms with E-state index in [1.54, 1.807) is 16.8 Å². The van der Waals surface area contributed by atoms with Gasteiger partial charge in [0.25, 0.3) is 5.91 Å². The summed E-state index contributed by atoms with van der Waals surface area (Å²) in [4.78, 5) is 28.7. The predicted molar refractivity (Wildman–Crippen MR) is 119 cm³/mol. The number of carbonyl (C=O) groups excluding carboxylic acids is 2. The van der Waals surface area contributed by atoms with Gasteiger partial charge in [0.2, 0.25) is 0 Å². The summed E-state index contributed by atoms with van der Waals surface area (Å²) in [6, 6.07) is 15.3. The molecule has 2 amide bonds. The molecule has 2 heterocycles. The molecule has 7 heteroatoms.